The highest BCUT2D eigenvalue weighted by atomic mass is 32.1. The second-order valence-electron chi connectivity index (χ2n) is 9.09. The molecule has 0 aliphatic carbocycles. The first-order valence-corrected chi connectivity index (χ1v) is 12.7. The molecule has 1 saturated heterocycles. The summed E-state index contributed by atoms with van der Waals surface area (Å²) < 4.78 is 5.23. The highest BCUT2D eigenvalue weighted by molar-refractivity contribution is 7.15. The monoisotopic (exact) mass is 486 g/mol. The lowest BCUT2D eigenvalue weighted by molar-refractivity contribution is -0.121. The van der Waals surface area contributed by atoms with E-state index in [-0.39, 0.29) is 30.9 Å². The number of piperidine rings is 1. The number of carbonyl (C=O) groups excluding carboxylic acids is 3. The van der Waals surface area contributed by atoms with Crippen molar-refractivity contribution in [3.63, 3.8) is 0 Å². The van der Waals surface area contributed by atoms with Gasteiger partial charge in [0.2, 0.25) is 11.8 Å². The van der Waals surface area contributed by atoms with Crippen LogP contribution in [-0.2, 0) is 20.7 Å². The number of hydrogen-bond acceptors (Lipinski definition) is 7. The van der Waals surface area contributed by atoms with E-state index in [1.54, 1.807) is 19.2 Å². The van der Waals surface area contributed by atoms with E-state index < -0.39 is 5.97 Å². The number of nitrogens with one attached hydrogen (secondary N) is 2. The standard InChI is InChI=1S/C25H34N4O4S/c1-5-33-25(32)22-19(12-16(2)3)15-34-24(22)28-21(30)14-29-10-8-18(9-11-29)23(31)27-20-7-6-17(4)13-26-20/h6-7,13,15-16,18H,5,8-12,14H2,1-4H3,(H,28,30)(H,26,27,31). The second kappa shape index (κ2) is 12.1. The van der Waals surface area contributed by atoms with Gasteiger partial charge in [0.15, 0.2) is 0 Å². The number of aromatic nitrogens is 1. The summed E-state index contributed by atoms with van der Waals surface area (Å²) in [6.07, 6.45) is 3.82. The first-order valence-electron chi connectivity index (χ1n) is 11.8. The molecular weight excluding hydrogens is 452 g/mol. The maximum Gasteiger partial charge on any atom is 0.341 e. The SMILES string of the molecule is CCOC(=O)c1c(CC(C)C)csc1NC(=O)CN1CCC(C(=O)Nc2ccc(C)cn2)CC1. The number of ether oxygens (including phenoxy) is 1. The van der Waals surface area contributed by atoms with E-state index in [2.05, 4.69) is 29.5 Å². The summed E-state index contributed by atoms with van der Waals surface area (Å²) in [6.45, 7) is 9.70. The number of amides is 2. The van der Waals surface area contributed by atoms with E-state index in [9.17, 15) is 14.4 Å². The van der Waals surface area contributed by atoms with Crippen molar-refractivity contribution in [3.8, 4) is 0 Å². The number of thiophene rings is 1. The van der Waals surface area contributed by atoms with Crippen molar-refractivity contribution in [1.29, 1.82) is 0 Å². The van der Waals surface area contributed by atoms with Crippen molar-refractivity contribution in [2.45, 2.75) is 47.0 Å². The molecule has 1 aliphatic heterocycles. The molecule has 184 valence electrons. The van der Waals surface area contributed by atoms with Crippen molar-refractivity contribution >= 4 is 39.9 Å². The molecule has 0 radical (unpaired) electrons. The first kappa shape index (κ1) is 25.8. The molecule has 0 saturated carbocycles. The molecule has 1 aliphatic rings. The van der Waals surface area contributed by atoms with E-state index in [4.69, 9.17) is 4.74 Å². The molecule has 0 unspecified atom stereocenters. The summed E-state index contributed by atoms with van der Waals surface area (Å²) in [7, 11) is 0. The van der Waals surface area contributed by atoms with Gasteiger partial charge in [-0.3, -0.25) is 14.5 Å². The maximum absolute atomic E-state index is 12.7. The number of rotatable bonds is 9. The number of pyridine rings is 1. The van der Waals surface area contributed by atoms with E-state index in [1.807, 2.05) is 23.3 Å². The van der Waals surface area contributed by atoms with Crippen LogP contribution in [0.5, 0.6) is 0 Å². The van der Waals surface area contributed by atoms with Crippen LogP contribution >= 0.6 is 11.3 Å². The summed E-state index contributed by atoms with van der Waals surface area (Å²) in [4.78, 5) is 44.1. The largest absolute Gasteiger partial charge is 0.462 e. The van der Waals surface area contributed by atoms with Gasteiger partial charge in [0, 0.05) is 12.1 Å². The van der Waals surface area contributed by atoms with Gasteiger partial charge in [-0.25, -0.2) is 9.78 Å². The molecule has 3 heterocycles. The zero-order chi connectivity index (χ0) is 24.7. The van der Waals surface area contributed by atoms with Gasteiger partial charge < -0.3 is 15.4 Å². The van der Waals surface area contributed by atoms with Gasteiger partial charge >= 0.3 is 5.97 Å². The average molecular weight is 487 g/mol. The van der Waals surface area contributed by atoms with Crippen LogP contribution in [0.3, 0.4) is 0 Å². The summed E-state index contributed by atoms with van der Waals surface area (Å²) >= 11 is 1.36. The highest BCUT2D eigenvalue weighted by Gasteiger charge is 2.27. The van der Waals surface area contributed by atoms with E-state index in [0.717, 1.165) is 17.5 Å². The predicted octanol–water partition coefficient (Wildman–Crippen LogP) is 4.12. The smallest absolute Gasteiger partial charge is 0.341 e. The third kappa shape index (κ3) is 7.11. The molecule has 2 amide bonds. The Bertz CT molecular complexity index is 995. The maximum atomic E-state index is 12.7. The molecule has 9 heteroatoms. The minimum atomic E-state index is -0.399. The van der Waals surface area contributed by atoms with Crippen LogP contribution in [0.1, 0.15) is 55.1 Å². The van der Waals surface area contributed by atoms with Crippen LogP contribution in [0.2, 0.25) is 0 Å². The zero-order valence-corrected chi connectivity index (χ0v) is 21.2. The second-order valence-corrected chi connectivity index (χ2v) is 9.97. The molecular formula is C25H34N4O4S. The van der Waals surface area contributed by atoms with Crippen molar-refractivity contribution in [3.05, 3.63) is 40.4 Å². The van der Waals surface area contributed by atoms with Crippen molar-refractivity contribution < 1.29 is 19.1 Å². The van der Waals surface area contributed by atoms with Crippen LogP contribution in [0.4, 0.5) is 10.8 Å². The highest BCUT2D eigenvalue weighted by Crippen LogP contribution is 2.31. The Balaban J connectivity index is 1.52. The fraction of sp³-hybridized carbons (Fsp3) is 0.520. The molecule has 0 bridgehead atoms. The summed E-state index contributed by atoms with van der Waals surface area (Å²) in [5, 5.41) is 8.26. The van der Waals surface area contributed by atoms with Crippen LogP contribution in [0.25, 0.3) is 0 Å². The van der Waals surface area contributed by atoms with Crippen molar-refractivity contribution in [2.75, 3.05) is 36.9 Å². The number of hydrogen-bond donors (Lipinski definition) is 2. The molecule has 3 rings (SSSR count). The van der Waals surface area contributed by atoms with Gasteiger partial charge in [0.25, 0.3) is 0 Å². The Morgan fingerprint density at radius 1 is 1.21 bits per heavy atom. The van der Waals surface area contributed by atoms with Crippen LogP contribution in [0, 0.1) is 18.8 Å². The lowest BCUT2D eigenvalue weighted by atomic mass is 9.96. The third-order valence-electron chi connectivity index (χ3n) is 5.72. The van der Waals surface area contributed by atoms with Crippen LogP contribution in [0.15, 0.2) is 23.7 Å². The molecule has 1 fully saturated rings. The van der Waals surface area contributed by atoms with Gasteiger partial charge in [0.05, 0.1) is 18.7 Å². The molecule has 34 heavy (non-hydrogen) atoms. The third-order valence-corrected chi connectivity index (χ3v) is 6.66. The fourth-order valence-electron chi connectivity index (χ4n) is 4.00. The minimum Gasteiger partial charge on any atom is -0.462 e. The van der Waals surface area contributed by atoms with Gasteiger partial charge in [-0.15, -0.1) is 11.3 Å². The quantitative estimate of drug-likeness (QED) is 0.517. The van der Waals surface area contributed by atoms with E-state index in [1.165, 1.54) is 11.3 Å². The normalized spacial score (nSPS) is 14.7. The van der Waals surface area contributed by atoms with Gasteiger partial charge in [-0.05, 0) is 74.7 Å². The van der Waals surface area contributed by atoms with E-state index in [0.29, 0.717) is 48.2 Å². The number of anilines is 2. The number of aryl methyl sites for hydroxylation is 1. The number of esters is 1. The molecule has 2 N–H and O–H groups in total. The molecule has 0 atom stereocenters. The summed E-state index contributed by atoms with van der Waals surface area (Å²) in [5.74, 6) is 0.235. The predicted molar refractivity (Wildman–Crippen MR) is 134 cm³/mol. The molecule has 0 spiro atoms. The Morgan fingerprint density at radius 2 is 1.94 bits per heavy atom. The van der Waals surface area contributed by atoms with Gasteiger partial charge in [-0.2, -0.15) is 0 Å². The fourth-order valence-corrected chi connectivity index (χ4v) is 4.97. The first-order chi connectivity index (χ1) is 16.3. The minimum absolute atomic E-state index is 0.0317. The number of carbonyl (C=O) groups is 3. The summed E-state index contributed by atoms with van der Waals surface area (Å²) in [5.41, 5.74) is 2.41. The Labute approximate surface area is 205 Å². The molecule has 2 aromatic rings. The van der Waals surface area contributed by atoms with Gasteiger partial charge in [-0.1, -0.05) is 19.9 Å². The van der Waals surface area contributed by atoms with Crippen molar-refractivity contribution in [2.24, 2.45) is 11.8 Å². The van der Waals surface area contributed by atoms with Crippen molar-refractivity contribution in [1.82, 2.24) is 9.88 Å². The Hall–Kier alpha value is -2.78. The summed E-state index contributed by atoms with van der Waals surface area (Å²) in [6, 6.07) is 3.71. The van der Waals surface area contributed by atoms with E-state index >= 15 is 0 Å². The lowest BCUT2D eigenvalue weighted by Crippen LogP contribution is -2.41. The Kier molecular flexibility index (Phi) is 9.18. The zero-order valence-electron chi connectivity index (χ0n) is 20.3. The van der Waals surface area contributed by atoms with Crippen LogP contribution < -0.4 is 10.6 Å². The average Bonchev–Trinajstić information content (AvgIpc) is 3.17. The lowest BCUT2D eigenvalue weighted by Gasteiger charge is -2.30. The van der Waals surface area contributed by atoms with Crippen LogP contribution in [-0.4, -0.2) is 53.9 Å². The topological polar surface area (TPSA) is 101 Å². The Morgan fingerprint density at radius 3 is 2.56 bits per heavy atom. The van der Waals surface area contributed by atoms with Gasteiger partial charge in [0.1, 0.15) is 10.8 Å². The number of likely N-dealkylation sites (tertiary alicyclic amines) is 1. The molecule has 0 aromatic carbocycles. The molecule has 2 aromatic heterocycles. The molecule has 8 nitrogen and oxygen atoms in total. The number of nitrogens with zero attached hydrogens (tertiary/aromatic N) is 2.